The maximum Gasteiger partial charge on any atom is 0.339 e. The Morgan fingerprint density at radius 1 is 1.50 bits per heavy atom. The molecule has 0 amide bonds. The normalized spacial score (nSPS) is 10.3. The Morgan fingerprint density at radius 3 is 3.00 bits per heavy atom. The summed E-state index contributed by atoms with van der Waals surface area (Å²) in [6.07, 6.45) is 5.15. The molecule has 18 heavy (non-hydrogen) atoms. The average molecular weight is 246 g/mol. The van der Waals surface area contributed by atoms with Crippen LogP contribution in [0.5, 0.6) is 0 Å². The van der Waals surface area contributed by atoms with Crippen molar-refractivity contribution in [2.75, 3.05) is 11.9 Å². The first-order chi connectivity index (χ1) is 8.68. The van der Waals surface area contributed by atoms with Gasteiger partial charge in [0.1, 0.15) is 11.4 Å². The zero-order valence-corrected chi connectivity index (χ0v) is 10.00. The number of rotatable bonds is 5. The maximum absolute atomic E-state index is 11.1. The quantitative estimate of drug-likeness (QED) is 0.833. The molecule has 94 valence electrons. The number of nitrogens with one attached hydrogen (secondary N) is 1. The zero-order chi connectivity index (χ0) is 13.0. The van der Waals surface area contributed by atoms with Crippen molar-refractivity contribution >= 4 is 11.8 Å². The Hall–Kier alpha value is -2.37. The van der Waals surface area contributed by atoms with Gasteiger partial charge in [-0.2, -0.15) is 5.10 Å². The second kappa shape index (κ2) is 5.31. The van der Waals surface area contributed by atoms with Gasteiger partial charge in [0.2, 0.25) is 0 Å². The van der Waals surface area contributed by atoms with Gasteiger partial charge in [-0.1, -0.05) is 0 Å². The summed E-state index contributed by atoms with van der Waals surface area (Å²) in [5, 5.41) is 16.2. The van der Waals surface area contributed by atoms with Gasteiger partial charge < -0.3 is 10.4 Å². The van der Waals surface area contributed by atoms with Crippen molar-refractivity contribution in [3.8, 4) is 0 Å². The number of aryl methyl sites for hydroxylation is 1. The Bertz CT molecular complexity index is 537. The lowest BCUT2D eigenvalue weighted by atomic mass is 10.1. The van der Waals surface area contributed by atoms with E-state index in [1.807, 2.05) is 12.3 Å². The first-order valence-corrected chi connectivity index (χ1v) is 5.58. The van der Waals surface area contributed by atoms with Gasteiger partial charge >= 0.3 is 5.97 Å². The number of pyridine rings is 1. The van der Waals surface area contributed by atoms with Gasteiger partial charge in [-0.25, -0.2) is 9.78 Å². The highest BCUT2D eigenvalue weighted by molar-refractivity contribution is 5.94. The minimum atomic E-state index is -0.970. The number of carboxylic acid groups (broad SMARTS) is 1. The van der Waals surface area contributed by atoms with E-state index in [-0.39, 0.29) is 5.56 Å². The Labute approximate surface area is 104 Å². The largest absolute Gasteiger partial charge is 0.478 e. The highest BCUT2D eigenvalue weighted by Gasteiger charge is 2.13. The molecule has 0 fully saturated rings. The molecule has 0 unspecified atom stereocenters. The second-order valence-electron chi connectivity index (χ2n) is 3.85. The van der Waals surface area contributed by atoms with E-state index < -0.39 is 5.97 Å². The molecule has 2 N–H and O–H groups in total. The molecule has 6 nitrogen and oxygen atoms in total. The third-order valence-electron chi connectivity index (χ3n) is 2.57. The molecule has 6 heteroatoms. The fraction of sp³-hybridized carbons (Fsp3) is 0.250. The molecule has 0 saturated heterocycles. The van der Waals surface area contributed by atoms with Crippen LogP contribution in [0.15, 0.2) is 30.7 Å². The van der Waals surface area contributed by atoms with E-state index in [4.69, 9.17) is 5.11 Å². The molecule has 2 aromatic heterocycles. The molecule has 0 aromatic carbocycles. The molecular formula is C12H14N4O2. The lowest BCUT2D eigenvalue weighted by Gasteiger charge is -2.10. The van der Waals surface area contributed by atoms with Crippen LogP contribution in [0.25, 0.3) is 0 Å². The molecule has 0 saturated carbocycles. The lowest BCUT2D eigenvalue weighted by molar-refractivity contribution is 0.0697. The summed E-state index contributed by atoms with van der Waals surface area (Å²) < 4.78 is 1.77. The zero-order valence-electron chi connectivity index (χ0n) is 10.00. The highest BCUT2D eigenvalue weighted by atomic mass is 16.4. The number of anilines is 1. The molecule has 0 spiro atoms. The van der Waals surface area contributed by atoms with Gasteiger partial charge in [-0.05, 0) is 24.6 Å². The van der Waals surface area contributed by atoms with Crippen molar-refractivity contribution < 1.29 is 9.90 Å². The SMILES string of the molecule is Cc1ccnc(NCCn2cccn2)c1C(=O)O. The van der Waals surface area contributed by atoms with Gasteiger partial charge in [-0.3, -0.25) is 4.68 Å². The fourth-order valence-corrected chi connectivity index (χ4v) is 1.68. The lowest BCUT2D eigenvalue weighted by Crippen LogP contribution is -2.15. The molecule has 2 heterocycles. The van der Waals surface area contributed by atoms with Crippen LogP contribution in [0.4, 0.5) is 5.82 Å². The first kappa shape index (κ1) is 12.1. The smallest absolute Gasteiger partial charge is 0.339 e. The first-order valence-electron chi connectivity index (χ1n) is 5.58. The molecule has 2 rings (SSSR count). The predicted octanol–water partition coefficient (Wildman–Crippen LogP) is 1.40. The Balaban J connectivity index is 2.05. The third-order valence-corrected chi connectivity index (χ3v) is 2.57. The Kier molecular flexibility index (Phi) is 3.57. The fourth-order valence-electron chi connectivity index (χ4n) is 1.68. The Morgan fingerprint density at radius 2 is 2.33 bits per heavy atom. The molecule has 0 radical (unpaired) electrons. The van der Waals surface area contributed by atoms with E-state index in [1.54, 1.807) is 30.1 Å². The number of hydrogen-bond donors (Lipinski definition) is 2. The summed E-state index contributed by atoms with van der Waals surface area (Å²) in [6.45, 7) is 2.98. The summed E-state index contributed by atoms with van der Waals surface area (Å²) >= 11 is 0. The van der Waals surface area contributed by atoms with Crippen molar-refractivity contribution in [3.63, 3.8) is 0 Å². The minimum absolute atomic E-state index is 0.220. The van der Waals surface area contributed by atoms with Crippen LogP contribution in [-0.2, 0) is 6.54 Å². The maximum atomic E-state index is 11.1. The predicted molar refractivity (Wildman–Crippen MR) is 66.7 cm³/mol. The number of carboxylic acids is 1. The molecule has 0 aliphatic rings. The summed E-state index contributed by atoms with van der Waals surface area (Å²) in [5.74, 6) is -0.572. The van der Waals surface area contributed by atoms with Gasteiger partial charge in [0, 0.05) is 25.1 Å². The molecule has 0 bridgehead atoms. The summed E-state index contributed by atoms with van der Waals surface area (Å²) in [7, 11) is 0. The monoisotopic (exact) mass is 246 g/mol. The van der Waals surface area contributed by atoms with Crippen LogP contribution in [0.3, 0.4) is 0 Å². The third kappa shape index (κ3) is 2.65. The molecule has 0 aliphatic heterocycles. The second-order valence-corrected chi connectivity index (χ2v) is 3.85. The molecular weight excluding hydrogens is 232 g/mol. The van der Waals surface area contributed by atoms with Crippen LogP contribution in [-0.4, -0.2) is 32.4 Å². The minimum Gasteiger partial charge on any atom is -0.478 e. The van der Waals surface area contributed by atoms with Crippen molar-refractivity contribution in [3.05, 3.63) is 41.9 Å². The van der Waals surface area contributed by atoms with Crippen molar-refractivity contribution in [2.24, 2.45) is 0 Å². The molecule has 0 aliphatic carbocycles. The number of carbonyl (C=O) groups is 1. The summed E-state index contributed by atoms with van der Waals surface area (Å²) in [4.78, 5) is 15.2. The van der Waals surface area contributed by atoms with Crippen LogP contribution >= 0.6 is 0 Å². The van der Waals surface area contributed by atoms with Crippen LogP contribution in [0.2, 0.25) is 0 Å². The number of hydrogen-bond acceptors (Lipinski definition) is 4. The summed E-state index contributed by atoms with van der Waals surface area (Å²) in [6, 6.07) is 3.52. The molecule has 2 aromatic rings. The highest BCUT2D eigenvalue weighted by Crippen LogP contribution is 2.16. The average Bonchev–Trinajstić information content (AvgIpc) is 2.81. The van der Waals surface area contributed by atoms with E-state index in [0.29, 0.717) is 24.5 Å². The van der Waals surface area contributed by atoms with Crippen molar-refractivity contribution in [2.45, 2.75) is 13.5 Å². The van der Waals surface area contributed by atoms with E-state index >= 15 is 0 Å². The van der Waals surface area contributed by atoms with E-state index in [1.165, 1.54) is 0 Å². The van der Waals surface area contributed by atoms with Gasteiger partial charge in [0.15, 0.2) is 0 Å². The number of aromatic nitrogens is 3. The van der Waals surface area contributed by atoms with Crippen LogP contribution in [0, 0.1) is 6.92 Å². The van der Waals surface area contributed by atoms with Crippen LogP contribution < -0.4 is 5.32 Å². The van der Waals surface area contributed by atoms with Gasteiger partial charge in [0.25, 0.3) is 0 Å². The van der Waals surface area contributed by atoms with E-state index in [9.17, 15) is 4.79 Å². The van der Waals surface area contributed by atoms with Crippen molar-refractivity contribution in [1.82, 2.24) is 14.8 Å². The van der Waals surface area contributed by atoms with Crippen LogP contribution in [0.1, 0.15) is 15.9 Å². The van der Waals surface area contributed by atoms with E-state index in [0.717, 1.165) is 0 Å². The number of aromatic carboxylic acids is 1. The van der Waals surface area contributed by atoms with Gasteiger partial charge in [0.05, 0.1) is 6.54 Å². The number of nitrogens with zero attached hydrogens (tertiary/aromatic N) is 3. The van der Waals surface area contributed by atoms with E-state index in [2.05, 4.69) is 15.4 Å². The van der Waals surface area contributed by atoms with Crippen molar-refractivity contribution in [1.29, 1.82) is 0 Å². The molecule has 0 atom stereocenters. The standard InChI is InChI=1S/C12H14N4O2/c1-9-3-5-13-11(10(9)12(17)18)14-6-8-16-7-2-4-15-16/h2-5,7H,6,8H2,1H3,(H,13,14)(H,17,18). The topological polar surface area (TPSA) is 80.0 Å². The van der Waals surface area contributed by atoms with Gasteiger partial charge in [-0.15, -0.1) is 0 Å². The summed E-state index contributed by atoms with van der Waals surface area (Å²) in [5.41, 5.74) is 0.914.